The van der Waals surface area contributed by atoms with Crippen molar-refractivity contribution in [3.63, 3.8) is 0 Å². The number of carbonyl (C=O) groups is 1. The molecule has 128 valence electrons. The molecule has 1 saturated carbocycles. The standard InChI is InChI=1S/C15H17FN4O3S/c16-11-3-5-12(6-4-11)20-9-13(8-18-20)24(22,23)19-15(21)14(17)7-10-1-2-10/h3-6,8-10,14H,1-2,7,17H2,(H,19,21). The first kappa shape index (κ1) is 16.6. The number of nitrogens with one attached hydrogen (secondary N) is 1. The minimum absolute atomic E-state index is 0.168. The lowest BCUT2D eigenvalue weighted by molar-refractivity contribution is -0.120. The molecule has 1 aliphatic carbocycles. The van der Waals surface area contributed by atoms with Gasteiger partial charge in [0.1, 0.15) is 10.7 Å². The fraction of sp³-hybridized carbons (Fsp3) is 0.333. The molecule has 0 aliphatic heterocycles. The van der Waals surface area contributed by atoms with Crippen LogP contribution in [-0.4, -0.2) is 30.1 Å². The van der Waals surface area contributed by atoms with E-state index in [-0.39, 0.29) is 4.90 Å². The van der Waals surface area contributed by atoms with Crippen LogP contribution in [0.15, 0.2) is 41.6 Å². The zero-order chi connectivity index (χ0) is 17.3. The highest BCUT2D eigenvalue weighted by atomic mass is 32.2. The third-order valence-corrected chi connectivity index (χ3v) is 5.12. The van der Waals surface area contributed by atoms with E-state index in [0.717, 1.165) is 19.0 Å². The molecule has 0 radical (unpaired) electrons. The number of amides is 1. The minimum Gasteiger partial charge on any atom is -0.320 e. The van der Waals surface area contributed by atoms with Crippen molar-refractivity contribution in [3.8, 4) is 5.69 Å². The van der Waals surface area contributed by atoms with E-state index in [1.807, 2.05) is 4.72 Å². The molecule has 1 atom stereocenters. The van der Waals surface area contributed by atoms with Crippen molar-refractivity contribution in [3.05, 3.63) is 42.5 Å². The molecule has 2 aromatic rings. The molecule has 3 N–H and O–H groups in total. The Hall–Kier alpha value is -2.26. The van der Waals surface area contributed by atoms with Crippen molar-refractivity contribution in [2.45, 2.75) is 30.2 Å². The zero-order valence-corrected chi connectivity index (χ0v) is 13.5. The number of benzene rings is 1. The van der Waals surface area contributed by atoms with E-state index in [9.17, 15) is 17.6 Å². The lowest BCUT2D eigenvalue weighted by Gasteiger charge is -2.11. The number of aromatic nitrogens is 2. The Bertz CT molecular complexity index is 844. The van der Waals surface area contributed by atoms with E-state index in [1.165, 1.54) is 35.1 Å². The van der Waals surface area contributed by atoms with Gasteiger partial charge in [0.25, 0.3) is 15.9 Å². The monoisotopic (exact) mass is 352 g/mol. The Balaban J connectivity index is 1.72. The van der Waals surface area contributed by atoms with E-state index in [4.69, 9.17) is 5.73 Å². The quantitative estimate of drug-likeness (QED) is 0.805. The molecular formula is C15H17FN4O3S. The van der Waals surface area contributed by atoms with Gasteiger partial charge in [0, 0.05) is 0 Å². The normalized spacial score (nSPS) is 15.9. The molecule has 9 heteroatoms. The molecule has 1 amide bonds. The zero-order valence-electron chi connectivity index (χ0n) is 12.7. The van der Waals surface area contributed by atoms with E-state index in [0.29, 0.717) is 18.0 Å². The topological polar surface area (TPSA) is 107 Å². The van der Waals surface area contributed by atoms with Gasteiger partial charge >= 0.3 is 0 Å². The molecule has 0 saturated heterocycles. The van der Waals surface area contributed by atoms with Gasteiger partial charge in [-0.2, -0.15) is 5.10 Å². The van der Waals surface area contributed by atoms with E-state index in [1.54, 1.807) is 0 Å². The SMILES string of the molecule is NC(CC1CC1)C(=O)NS(=O)(=O)c1cnn(-c2ccc(F)cc2)c1. The highest BCUT2D eigenvalue weighted by Gasteiger charge is 2.29. The first-order valence-corrected chi connectivity index (χ1v) is 8.96. The van der Waals surface area contributed by atoms with Crippen LogP contribution < -0.4 is 10.5 Å². The second-order valence-corrected chi connectivity index (χ2v) is 7.53. The van der Waals surface area contributed by atoms with Crippen molar-refractivity contribution in [2.75, 3.05) is 0 Å². The van der Waals surface area contributed by atoms with E-state index < -0.39 is 27.8 Å². The molecule has 7 nitrogen and oxygen atoms in total. The Kier molecular flexibility index (Phi) is 4.37. The van der Waals surface area contributed by atoms with Crippen LogP contribution >= 0.6 is 0 Å². The van der Waals surface area contributed by atoms with E-state index in [2.05, 4.69) is 5.10 Å². The van der Waals surface area contributed by atoms with Crippen LogP contribution in [-0.2, 0) is 14.8 Å². The van der Waals surface area contributed by atoms with Crippen molar-refractivity contribution < 1.29 is 17.6 Å². The number of sulfonamides is 1. The Labute approximate surface area is 138 Å². The van der Waals surface area contributed by atoms with Crippen molar-refractivity contribution in [1.29, 1.82) is 0 Å². The summed E-state index contributed by atoms with van der Waals surface area (Å²) in [4.78, 5) is 11.8. The summed E-state index contributed by atoms with van der Waals surface area (Å²) in [6.45, 7) is 0. The van der Waals surface area contributed by atoms with Gasteiger partial charge < -0.3 is 5.73 Å². The minimum atomic E-state index is -4.05. The predicted octanol–water partition coefficient (Wildman–Crippen LogP) is 0.944. The summed E-state index contributed by atoms with van der Waals surface area (Å²) in [7, 11) is -4.05. The number of hydrogen-bond donors (Lipinski definition) is 2. The van der Waals surface area contributed by atoms with Gasteiger partial charge in [-0.05, 0) is 36.6 Å². The fourth-order valence-electron chi connectivity index (χ4n) is 2.27. The van der Waals surface area contributed by atoms with Crippen LogP contribution in [0.1, 0.15) is 19.3 Å². The van der Waals surface area contributed by atoms with Gasteiger partial charge in [-0.15, -0.1) is 0 Å². The maximum atomic E-state index is 12.9. The Morgan fingerprint density at radius 1 is 1.38 bits per heavy atom. The Morgan fingerprint density at radius 3 is 2.67 bits per heavy atom. The predicted molar refractivity (Wildman–Crippen MR) is 84.2 cm³/mol. The lowest BCUT2D eigenvalue weighted by atomic mass is 10.1. The number of nitrogens with zero attached hydrogens (tertiary/aromatic N) is 2. The van der Waals surface area contributed by atoms with Crippen molar-refractivity contribution >= 4 is 15.9 Å². The van der Waals surface area contributed by atoms with Crippen LogP contribution in [0.4, 0.5) is 4.39 Å². The molecule has 0 spiro atoms. The average Bonchev–Trinajstić information content (AvgIpc) is 3.19. The van der Waals surface area contributed by atoms with Gasteiger partial charge in [-0.25, -0.2) is 22.2 Å². The number of nitrogens with two attached hydrogens (primary N) is 1. The summed E-state index contributed by atoms with van der Waals surface area (Å²) in [5, 5.41) is 3.93. The van der Waals surface area contributed by atoms with Gasteiger partial charge in [0.15, 0.2) is 0 Å². The van der Waals surface area contributed by atoms with Crippen molar-refractivity contribution in [1.82, 2.24) is 14.5 Å². The second-order valence-electron chi connectivity index (χ2n) is 5.85. The number of carbonyl (C=O) groups excluding carboxylic acids is 1. The van der Waals surface area contributed by atoms with Gasteiger partial charge in [0.05, 0.1) is 24.1 Å². The summed E-state index contributed by atoms with van der Waals surface area (Å²) in [5.74, 6) is -0.721. The molecule has 1 aliphatic rings. The van der Waals surface area contributed by atoms with E-state index >= 15 is 0 Å². The molecule has 1 aromatic carbocycles. The third kappa shape index (κ3) is 3.80. The number of rotatable bonds is 6. The summed E-state index contributed by atoms with van der Waals surface area (Å²) in [5.41, 5.74) is 6.22. The van der Waals surface area contributed by atoms with Crippen LogP contribution in [0, 0.1) is 11.7 Å². The van der Waals surface area contributed by atoms with Gasteiger partial charge in [0.2, 0.25) is 0 Å². The smallest absolute Gasteiger partial charge is 0.267 e. The molecule has 3 rings (SSSR count). The van der Waals surface area contributed by atoms with Crippen LogP contribution in [0.25, 0.3) is 5.69 Å². The lowest BCUT2D eigenvalue weighted by Crippen LogP contribution is -2.43. The first-order valence-electron chi connectivity index (χ1n) is 7.48. The largest absolute Gasteiger partial charge is 0.320 e. The molecule has 24 heavy (non-hydrogen) atoms. The average molecular weight is 352 g/mol. The summed E-state index contributed by atoms with van der Waals surface area (Å²) >= 11 is 0. The highest BCUT2D eigenvalue weighted by molar-refractivity contribution is 7.90. The van der Waals surface area contributed by atoms with Crippen LogP contribution in [0.5, 0.6) is 0 Å². The number of hydrogen-bond acceptors (Lipinski definition) is 5. The van der Waals surface area contributed by atoms with Crippen LogP contribution in [0.2, 0.25) is 0 Å². The first-order chi connectivity index (χ1) is 11.3. The summed E-state index contributed by atoms with van der Waals surface area (Å²) in [6.07, 6.45) is 4.90. The molecule has 1 aromatic heterocycles. The van der Waals surface area contributed by atoms with Crippen LogP contribution in [0.3, 0.4) is 0 Å². The molecule has 0 bridgehead atoms. The third-order valence-electron chi connectivity index (χ3n) is 3.82. The molecular weight excluding hydrogens is 335 g/mol. The maximum absolute atomic E-state index is 12.9. The molecule has 1 heterocycles. The fourth-order valence-corrected chi connectivity index (χ4v) is 3.23. The maximum Gasteiger partial charge on any atom is 0.267 e. The number of halogens is 1. The van der Waals surface area contributed by atoms with Gasteiger partial charge in [-0.3, -0.25) is 4.79 Å². The molecule has 1 unspecified atom stereocenters. The summed E-state index contributed by atoms with van der Waals surface area (Å²) < 4.78 is 40.7. The molecule has 1 fully saturated rings. The second kappa shape index (κ2) is 6.33. The van der Waals surface area contributed by atoms with Gasteiger partial charge in [-0.1, -0.05) is 12.8 Å². The van der Waals surface area contributed by atoms with Crippen molar-refractivity contribution in [2.24, 2.45) is 11.7 Å². The Morgan fingerprint density at radius 2 is 2.04 bits per heavy atom. The summed E-state index contributed by atoms with van der Waals surface area (Å²) in [6, 6.07) is 4.55. The highest BCUT2D eigenvalue weighted by Crippen LogP contribution is 2.33.